The van der Waals surface area contributed by atoms with Gasteiger partial charge in [0.25, 0.3) is 0 Å². The summed E-state index contributed by atoms with van der Waals surface area (Å²) in [5, 5.41) is 6.64. The smallest absolute Gasteiger partial charge is 0.277 e. The molecular formula is C19H22F3N3O2S. The largest absolute Gasteiger partial charge is 0.392 e. The van der Waals surface area contributed by atoms with Crippen molar-refractivity contribution in [1.29, 1.82) is 0 Å². The summed E-state index contributed by atoms with van der Waals surface area (Å²) < 4.78 is 61.7. The summed E-state index contributed by atoms with van der Waals surface area (Å²) in [6.07, 6.45) is 1.85. The van der Waals surface area contributed by atoms with Crippen molar-refractivity contribution in [2.45, 2.75) is 25.9 Å². The lowest BCUT2D eigenvalue weighted by Gasteiger charge is -2.28. The van der Waals surface area contributed by atoms with Gasteiger partial charge in [0.1, 0.15) is 0 Å². The zero-order valence-corrected chi connectivity index (χ0v) is 16.3. The van der Waals surface area contributed by atoms with Gasteiger partial charge in [-0.05, 0) is 37.1 Å². The molecule has 5 nitrogen and oxygen atoms in total. The highest BCUT2D eigenvalue weighted by atomic mass is 32.2. The second kappa shape index (κ2) is 8.76. The van der Waals surface area contributed by atoms with Crippen LogP contribution in [0.5, 0.6) is 0 Å². The first kappa shape index (κ1) is 21.9. The molecular weight excluding hydrogens is 391 g/mol. The molecule has 0 aromatic heterocycles. The maximum atomic E-state index is 12.9. The van der Waals surface area contributed by atoms with Gasteiger partial charge in [0, 0.05) is 7.05 Å². The fourth-order valence-electron chi connectivity index (χ4n) is 2.64. The van der Waals surface area contributed by atoms with Gasteiger partial charge in [0.05, 0.1) is 22.7 Å². The minimum absolute atomic E-state index is 0.0500. The summed E-state index contributed by atoms with van der Waals surface area (Å²) in [4.78, 5) is -0.0500. The summed E-state index contributed by atoms with van der Waals surface area (Å²) in [6, 6.07) is 7.08. The molecule has 0 fully saturated rings. The molecule has 0 amide bonds. The molecule has 3 N–H and O–H groups in total. The lowest BCUT2D eigenvalue weighted by molar-refractivity contribution is -0.125. The van der Waals surface area contributed by atoms with Crippen molar-refractivity contribution in [3.05, 3.63) is 76.4 Å². The third kappa shape index (κ3) is 6.08. The first-order valence-electron chi connectivity index (χ1n) is 8.44. The quantitative estimate of drug-likeness (QED) is 0.697. The molecule has 1 aromatic rings. The van der Waals surface area contributed by atoms with E-state index in [4.69, 9.17) is 5.14 Å². The molecule has 1 aliphatic rings. The first-order chi connectivity index (χ1) is 13.0. The molecule has 0 atom stereocenters. The summed E-state index contributed by atoms with van der Waals surface area (Å²) in [7, 11) is -2.30. The van der Waals surface area contributed by atoms with Crippen molar-refractivity contribution < 1.29 is 21.6 Å². The molecule has 0 radical (unpaired) electrons. The second-order valence-corrected chi connectivity index (χ2v) is 7.74. The number of primary sulfonamides is 1. The van der Waals surface area contributed by atoms with E-state index in [2.05, 4.69) is 5.43 Å². The maximum absolute atomic E-state index is 12.9. The molecule has 0 saturated heterocycles. The molecule has 0 aliphatic heterocycles. The van der Waals surface area contributed by atoms with Crippen LogP contribution in [0.1, 0.15) is 24.0 Å². The van der Waals surface area contributed by atoms with Gasteiger partial charge in [-0.15, -0.1) is 0 Å². The monoisotopic (exact) mass is 413 g/mol. The van der Waals surface area contributed by atoms with Crippen LogP contribution in [-0.2, 0) is 10.0 Å². The number of nitrogens with one attached hydrogen (secondary N) is 1. The average Bonchev–Trinajstić information content (AvgIpc) is 2.85. The van der Waals surface area contributed by atoms with Gasteiger partial charge in [-0.25, -0.2) is 19.0 Å². The van der Waals surface area contributed by atoms with Crippen LogP contribution in [-0.4, -0.2) is 26.7 Å². The molecule has 28 heavy (non-hydrogen) atoms. The standard InChI is InChI=1S/C19H22F3N3O2S/c1-14-6-8-15(9-7-14)18(12-13-19(20,21)22)25(24-2)16-4-3-5-17(11-10-16)28(23,26)27/h4-12,24H,3,13H2,1-2H3,(H2,23,26,27)/b18-12-. The minimum atomic E-state index is -4.36. The van der Waals surface area contributed by atoms with Crippen molar-refractivity contribution in [2.75, 3.05) is 7.05 Å². The van der Waals surface area contributed by atoms with Crippen molar-refractivity contribution in [2.24, 2.45) is 5.14 Å². The zero-order chi connectivity index (χ0) is 20.9. The molecule has 0 saturated carbocycles. The second-order valence-electron chi connectivity index (χ2n) is 6.18. The van der Waals surface area contributed by atoms with E-state index in [-0.39, 0.29) is 11.3 Å². The summed E-state index contributed by atoms with van der Waals surface area (Å²) in [5.74, 6) is 0. The fourth-order valence-corrected chi connectivity index (χ4v) is 3.23. The number of hydrogen-bond acceptors (Lipinski definition) is 4. The number of alkyl halides is 3. The van der Waals surface area contributed by atoms with Crippen LogP contribution in [0.3, 0.4) is 0 Å². The normalized spacial score (nSPS) is 15.7. The highest BCUT2D eigenvalue weighted by Crippen LogP contribution is 2.29. The molecule has 0 spiro atoms. The van der Waals surface area contributed by atoms with E-state index in [1.165, 1.54) is 23.2 Å². The molecule has 152 valence electrons. The van der Waals surface area contributed by atoms with E-state index in [0.717, 1.165) is 11.6 Å². The number of rotatable bonds is 6. The van der Waals surface area contributed by atoms with Crippen molar-refractivity contribution in [3.8, 4) is 0 Å². The maximum Gasteiger partial charge on any atom is 0.392 e. The van der Waals surface area contributed by atoms with Crippen LogP contribution >= 0.6 is 0 Å². The fraction of sp³-hybridized carbons (Fsp3) is 0.263. The van der Waals surface area contributed by atoms with Gasteiger partial charge >= 0.3 is 6.18 Å². The van der Waals surface area contributed by atoms with E-state index >= 15 is 0 Å². The Labute approximate surface area is 162 Å². The van der Waals surface area contributed by atoms with E-state index in [1.54, 1.807) is 25.3 Å². The lowest BCUT2D eigenvalue weighted by Crippen LogP contribution is -2.32. The van der Waals surface area contributed by atoms with Crippen LogP contribution in [0.25, 0.3) is 5.70 Å². The molecule has 9 heteroatoms. The van der Waals surface area contributed by atoms with Crippen molar-refractivity contribution in [3.63, 3.8) is 0 Å². The number of nitrogens with zero attached hydrogens (tertiary/aromatic N) is 1. The Morgan fingerprint density at radius 2 is 1.86 bits per heavy atom. The van der Waals surface area contributed by atoms with Gasteiger partial charge in [0.2, 0.25) is 10.0 Å². The van der Waals surface area contributed by atoms with Crippen molar-refractivity contribution in [1.82, 2.24) is 10.4 Å². The van der Waals surface area contributed by atoms with Crippen LogP contribution in [0.2, 0.25) is 0 Å². The number of allylic oxidation sites excluding steroid dienone is 5. The van der Waals surface area contributed by atoms with Gasteiger partial charge in [-0.3, -0.25) is 5.01 Å². The summed E-state index contributed by atoms with van der Waals surface area (Å²) in [5.41, 5.74) is 5.23. The van der Waals surface area contributed by atoms with Crippen LogP contribution in [0, 0.1) is 6.92 Å². The Morgan fingerprint density at radius 3 is 2.39 bits per heavy atom. The number of sulfonamides is 1. The number of hydrazine groups is 1. The van der Waals surface area contributed by atoms with Crippen molar-refractivity contribution >= 4 is 15.7 Å². The molecule has 1 aromatic carbocycles. The predicted molar refractivity (Wildman–Crippen MR) is 104 cm³/mol. The van der Waals surface area contributed by atoms with Crippen LogP contribution < -0.4 is 10.6 Å². The Balaban J connectivity index is 2.45. The average molecular weight is 413 g/mol. The van der Waals surface area contributed by atoms with Gasteiger partial charge in [-0.1, -0.05) is 42.0 Å². The molecule has 0 heterocycles. The van der Waals surface area contributed by atoms with Gasteiger partial charge in [-0.2, -0.15) is 13.2 Å². The Morgan fingerprint density at radius 1 is 1.21 bits per heavy atom. The Kier molecular flexibility index (Phi) is 6.87. The van der Waals surface area contributed by atoms with E-state index in [1.807, 2.05) is 19.1 Å². The number of benzene rings is 1. The van der Waals surface area contributed by atoms with E-state index in [0.29, 0.717) is 17.0 Å². The topological polar surface area (TPSA) is 75.4 Å². The highest BCUT2D eigenvalue weighted by molar-refractivity contribution is 7.93. The number of halogens is 3. The van der Waals surface area contributed by atoms with Crippen LogP contribution in [0.4, 0.5) is 13.2 Å². The van der Waals surface area contributed by atoms with Gasteiger partial charge < -0.3 is 0 Å². The Bertz CT molecular complexity index is 928. The van der Waals surface area contributed by atoms with Crippen LogP contribution in [0.15, 0.2) is 65.2 Å². The lowest BCUT2D eigenvalue weighted by atomic mass is 10.1. The number of aryl methyl sites for hydroxylation is 1. The van der Waals surface area contributed by atoms with E-state index in [9.17, 15) is 21.6 Å². The number of hydrogen-bond donors (Lipinski definition) is 2. The highest BCUT2D eigenvalue weighted by Gasteiger charge is 2.27. The third-order valence-corrected chi connectivity index (χ3v) is 4.95. The predicted octanol–water partition coefficient (Wildman–Crippen LogP) is 3.74. The molecule has 0 unspecified atom stereocenters. The SMILES string of the molecule is CNN(C1=CCC=C(S(N)(=O)=O)C=C1)/C(=C\CC(F)(F)F)c1ccc(C)cc1. The molecule has 1 aliphatic carbocycles. The Hall–Kier alpha value is -2.36. The number of nitrogens with two attached hydrogens (primary N) is 1. The zero-order valence-electron chi connectivity index (χ0n) is 15.5. The first-order valence-corrected chi connectivity index (χ1v) is 9.98. The summed E-state index contributed by atoms with van der Waals surface area (Å²) >= 11 is 0. The molecule has 0 bridgehead atoms. The van der Waals surface area contributed by atoms with E-state index < -0.39 is 22.6 Å². The minimum Gasteiger partial charge on any atom is -0.277 e. The van der Waals surface area contributed by atoms with Gasteiger partial charge in [0.15, 0.2) is 0 Å². The molecule has 2 rings (SSSR count). The summed E-state index contributed by atoms with van der Waals surface area (Å²) in [6.45, 7) is 1.88. The third-order valence-electron chi connectivity index (χ3n) is 3.99.